The van der Waals surface area contributed by atoms with Gasteiger partial charge in [0.2, 0.25) is 0 Å². The summed E-state index contributed by atoms with van der Waals surface area (Å²) in [6.07, 6.45) is 0.557. The van der Waals surface area contributed by atoms with Gasteiger partial charge in [0.1, 0.15) is 12.4 Å². The topological polar surface area (TPSA) is 70.6 Å². The molecule has 1 unspecified atom stereocenters. The van der Waals surface area contributed by atoms with Crippen molar-refractivity contribution in [2.24, 2.45) is 0 Å². The number of aliphatic hydroxyl groups is 1. The summed E-state index contributed by atoms with van der Waals surface area (Å²) in [4.78, 5) is 11.4. The van der Waals surface area contributed by atoms with Crippen LogP contribution in [-0.2, 0) is 0 Å². The van der Waals surface area contributed by atoms with Gasteiger partial charge in [-0.1, -0.05) is 12.1 Å². The lowest BCUT2D eigenvalue weighted by Crippen LogP contribution is -2.43. The Morgan fingerprint density at radius 2 is 2.26 bits per heavy atom. The number of nitrogens with one attached hydrogen (secondary N) is 2. The monoisotopic (exact) mass is 266 g/mol. The molecule has 1 aromatic carbocycles. The summed E-state index contributed by atoms with van der Waals surface area (Å²) in [6.45, 7) is 4.83. The van der Waals surface area contributed by atoms with Crippen LogP contribution in [0.2, 0.25) is 0 Å². The van der Waals surface area contributed by atoms with Crippen LogP contribution in [0.25, 0.3) is 0 Å². The molecule has 1 rings (SSSR count). The Hall–Kier alpha value is -1.75. The van der Waals surface area contributed by atoms with E-state index in [4.69, 9.17) is 9.84 Å². The third-order valence-electron chi connectivity index (χ3n) is 2.49. The van der Waals surface area contributed by atoms with Crippen LogP contribution < -0.4 is 15.4 Å². The zero-order chi connectivity index (χ0) is 14.1. The first kappa shape index (κ1) is 15.3. The first-order valence-electron chi connectivity index (χ1n) is 6.46. The Balaban J connectivity index is 2.24. The van der Waals surface area contributed by atoms with Crippen molar-refractivity contribution in [3.05, 3.63) is 29.8 Å². The summed E-state index contributed by atoms with van der Waals surface area (Å²) in [5.74, 6) is 0.800. The Labute approximate surface area is 114 Å². The van der Waals surface area contributed by atoms with Crippen molar-refractivity contribution in [2.75, 3.05) is 19.8 Å². The molecule has 0 radical (unpaired) electrons. The van der Waals surface area contributed by atoms with Crippen LogP contribution in [0.3, 0.4) is 0 Å². The Kier molecular flexibility index (Phi) is 6.74. The summed E-state index contributed by atoms with van der Waals surface area (Å²) >= 11 is 0. The number of amides is 2. The molecule has 2 amide bonds. The van der Waals surface area contributed by atoms with Crippen LogP contribution in [0.15, 0.2) is 24.3 Å². The molecule has 0 heterocycles. The fourth-order valence-corrected chi connectivity index (χ4v) is 1.52. The summed E-state index contributed by atoms with van der Waals surface area (Å²) in [6, 6.07) is 7.45. The molecule has 19 heavy (non-hydrogen) atoms. The van der Waals surface area contributed by atoms with E-state index in [1.54, 1.807) is 0 Å². The van der Waals surface area contributed by atoms with Crippen molar-refractivity contribution >= 4 is 6.03 Å². The number of hydrogen-bond donors (Lipinski definition) is 3. The number of hydrogen-bond acceptors (Lipinski definition) is 3. The van der Waals surface area contributed by atoms with Crippen LogP contribution in [0.5, 0.6) is 5.75 Å². The van der Waals surface area contributed by atoms with Gasteiger partial charge in [-0.3, -0.25) is 0 Å². The highest BCUT2D eigenvalue weighted by Crippen LogP contribution is 2.12. The normalized spacial score (nSPS) is 11.7. The minimum Gasteiger partial charge on any atom is -0.491 e. The third-order valence-corrected chi connectivity index (χ3v) is 2.49. The molecule has 5 nitrogen and oxygen atoms in total. The van der Waals surface area contributed by atoms with Gasteiger partial charge in [0.25, 0.3) is 0 Å². The van der Waals surface area contributed by atoms with Gasteiger partial charge in [-0.05, 0) is 38.0 Å². The van der Waals surface area contributed by atoms with E-state index in [9.17, 15) is 4.79 Å². The molecule has 1 atom stereocenters. The molecule has 5 heteroatoms. The first-order chi connectivity index (χ1) is 9.11. The maximum atomic E-state index is 11.4. The van der Waals surface area contributed by atoms with E-state index in [1.165, 1.54) is 0 Å². The van der Waals surface area contributed by atoms with Crippen LogP contribution in [-0.4, -0.2) is 36.9 Å². The second kappa shape index (κ2) is 8.37. The van der Waals surface area contributed by atoms with Crippen molar-refractivity contribution in [3.8, 4) is 5.75 Å². The fourth-order valence-electron chi connectivity index (χ4n) is 1.52. The van der Waals surface area contributed by atoms with Crippen LogP contribution in [0.4, 0.5) is 4.79 Å². The zero-order valence-electron chi connectivity index (χ0n) is 11.5. The van der Waals surface area contributed by atoms with Gasteiger partial charge in [-0.2, -0.15) is 0 Å². The zero-order valence-corrected chi connectivity index (χ0v) is 11.5. The average Bonchev–Trinajstić information content (AvgIpc) is 2.37. The number of benzene rings is 1. The van der Waals surface area contributed by atoms with E-state index < -0.39 is 0 Å². The van der Waals surface area contributed by atoms with Crippen molar-refractivity contribution in [1.29, 1.82) is 0 Å². The molecule has 3 N–H and O–H groups in total. The third kappa shape index (κ3) is 6.67. The smallest absolute Gasteiger partial charge is 0.315 e. The first-order valence-corrected chi connectivity index (χ1v) is 6.46. The van der Waals surface area contributed by atoms with Gasteiger partial charge in [-0.25, -0.2) is 4.79 Å². The lowest BCUT2D eigenvalue weighted by atomic mass is 10.2. The molecule has 0 bridgehead atoms. The molecule has 0 aromatic heterocycles. The summed E-state index contributed by atoms with van der Waals surface area (Å²) in [5.41, 5.74) is 1.14. The average molecular weight is 266 g/mol. The number of carbonyl (C=O) groups excluding carboxylic acids is 1. The maximum Gasteiger partial charge on any atom is 0.315 e. The SMILES string of the molecule is Cc1cccc(OCC(C)NC(=O)NCCCO)c1. The molecule has 0 aliphatic heterocycles. The number of aliphatic hydroxyl groups excluding tert-OH is 1. The van der Waals surface area contributed by atoms with Gasteiger partial charge < -0.3 is 20.5 Å². The van der Waals surface area contributed by atoms with Crippen molar-refractivity contribution in [1.82, 2.24) is 10.6 Å². The van der Waals surface area contributed by atoms with Crippen molar-refractivity contribution in [2.45, 2.75) is 26.3 Å². The minimum atomic E-state index is -0.242. The molecule has 106 valence electrons. The highest BCUT2D eigenvalue weighted by molar-refractivity contribution is 5.74. The second-order valence-electron chi connectivity index (χ2n) is 4.51. The molecule has 0 saturated heterocycles. The largest absolute Gasteiger partial charge is 0.491 e. The van der Waals surface area contributed by atoms with Crippen molar-refractivity contribution < 1.29 is 14.6 Å². The summed E-state index contributed by atoms with van der Waals surface area (Å²) < 4.78 is 5.59. The lowest BCUT2D eigenvalue weighted by molar-refractivity contribution is 0.224. The van der Waals surface area contributed by atoms with Gasteiger partial charge in [0.15, 0.2) is 0 Å². The highest BCUT2D eigenvalue weighted by Gasteiger charge is 2.07. The van der Waals surface area contributed by atoms with Crippen molar-refractivity contribution in [3.63, 3.8) is 0 Å². The fraction of sp³-hybridized carbons (Fsp3) is 0.500. The molecule has 0 spiro atoms. The predicted molar refractivity (Wildman–Crippen MR) is 74.4 cm³/mol. The molecular weight excluding hydrogens is 244 g/mol. The van der Waals surface area contributed by atoms with E-state index in [1.807, 2.05) is 38.1 Å². The van der Waals surface area contributed by atoms with E-state index in [0.29, 0.717) is 19.6 Å². The molecular formula is C14H22N2O3. The molecule has 0 saturated carbocycles. The quantitative estimate of drug-likeness (QED) is 0.654. The van der Waals surface area contributed by atoms with Crippen LogP contribution >= 0.6 is 0 Å². The standard InChI is InChI=1S/C14H22N2O3/c1-11-5-3-6-13(9-11)19-10-12(2)16-14(18)15-7-4-8-17/h3,5-6,9,12,17H,4,7-8,10H2,1-2H3,(H2,15,16,18). The molecule has 0 aliphatic rings. The number of carbonyl (C=O) groups is 1. The number of urea groups is 1. The number of rotatable bonds is 7. The van der Waals surface area contributed by atoms with E-state index in [2.05, 4.69) is 10.6 Å². The summed E-state index contributed by atoms with van der Waals surface area (Å²) in [5, 5.41) is 14.0. The van der Waals surface area contributed by atoms with Gasteiger partial charge in [0, 0.05) is 13.2 Å². The maximum absolute atomic E-state index is 11.4. The van der Waals surface area contributed by atoms with Crippen LogP contribution in [0, 0.1) is 6.92 Å². The molecule has 0 fully saturated rings. The predicted octanol–water partition coefficient (Wildman–Crippen LogP) is 1.44. The highest BCUT2D eigenvalue weighted by atomic mass is 16.5. The lowest BCUT2D eigenvalue weighted by Gasteiger charge is -2.15. The Morgan fingerprint density at radius 3 is 2.95 bits per heavy atom. The number of aryl methyl sites for hydroxylation is 1. The van der Waals surface area contributed by atoms with E-state index in [0.717, 1.165) is 11.3 Å². The Morgan fingerprint density at radius 1 is 1.47 bits per heavy atom. The van der Waals surface area contributed by atoms with Crippen LogP contribution in [0.1, 0.15) is 18.9 Å². The van der Waals surface area contributed by atoms with E-state index >= 15 is 0 Å². The van der Waals surface area contributed by atoms with E-state index in [-0.39, 0.29) is 18.7 Å². The van der Waals surface area contributed by atoms with Gasteiger partial charge >= 0.3 is 6.03 Å². The van der Waals surface area contributed by atoms with Gasteiger partial charge in [0.05, 0.1) is 6.04 Å². The minimum absolute atomic E-state index is 0.0757. The Bertz CT molecular complexity index is 396. The molecule has 0 aliphatic carbocycles. The molecule has 1 aromatic rings. The number of ether oxygens (including phenoxy) is 1. The second-order valence-corrected chi connectivity index (χ2v) is 4.51. The summed E-state index contributed by atoms with van der Waals surface area (Å²) in [7, 11) is 0. The van der Waals surface area contributed by atoms with Gasteiger partial charge in [-0.15, -0.1) is 0 Å².